The fourth-order valence-electron chi connectivity index (χ4n) is 2.81. The normalized spacial score (nSPS) is 13.5. The summed E-state index contributed by atoms with van der Waals surface area (Å²) in [6, 6.07) is 11.9. The summed E-state index contributed by atoms with van der Waals surface area (Å²) < 4.78 is 32.6. The number of carbonyl (C=O) groups is 1. The van der Waals surface area contributed by atoms with Gasteiger partial charge in [-0.25, -0.2) is 8.42 Å². The number of para-hydroxylation sites is 1. The van der Waals surface area contributed by atoms with Gasteiger partial charge in [0.1, 0.15) is 5.75 Å². The minimum atomic E-state index is -3.69. The quantitative estimate of drug-likeness (QED) is 0.922. The van der Waals surface area contributed by atoms with Crippen molar-refractivity contribution in [3.05, 3.63) is 48.0 Å². The maximum absolute atomic E-state index is 13.0. The van der Waals surface area contributed by atoms with E-state index in [1.54, 1.807) is 0 Å². The third-order valence-electron chi connectivity index (χ3n) is 3.92. The van der Waals surface area contributed by atoms with Gasteiger partial charge in [0.2, 0.25) is 5.91 Å². The number of nitrogens with one attached hydrogen (secondary N) is 1. The number of hydrogen-bond acceptors (Lipinski definition) is 4. The van der Waals surface area contributed by atoms with Crippen molar-refractivity contribution in [2.24, 2.45) is 0 Å². The summed E-state index contributed by atoms with van der Waals surface area (Å²) in [4.78, 5) is 11.3. The summed E-state index contributed by atoms with van der Waals surface area (Å²) in [6.45, 7) is 1.79. The minimum absolute atomic E-state index is 0.130. The number of hydrogen-bond donors (Lipinski definition) is 1. The van der Waals surface area contributed by atoms with Crippen LogP contribution < -0.4 is 14.4 Å². The zero-order chi connectivity index (χ0) is 17.3. The Morgan fingerprint density at radius 2 is 1.96 bits per heavy atom. The molecule has 0 unspecified atom stereocenters. The molecule has 0 saturated heterocycles. The standard InChI is InChI=1S/C17H18N2O4S/c1-12(20)18-15-8-7-14(11-17(15)23-2)24(21,22)19-10-9-13-5-3-4-6-16(13)19/h3-8,11H,9-10H2,1-2H3,(H,18,20). The first-order chi connectivity index (χ1) is 11.4. The number of benzene rings is 2. The van der Waals surface area contributed by atoms with E-state index in [1.807, 2.05) is 24.3 Å². The van der Waals surface area contributed by atoms with Gasteiger partial charge in [-0.1, -0.05) is 18.2 Å². The lowest BCUT2D eigenvalue weighted by Crippen LogP contribution is -2.29. The molecular weight excluding hydrogens is 328 g/mol. The van der Waals surface area contributed by atoms with Crippen molar-refractivity contribution in [3.8, 4) is 5.75 Å². The number of anilines is 2. The molecule has 126 valence electrons. The smallest absolute Gasteiger partial charge is 0.264 e. The van der Waals surface area contributed by atoms with Crippen LogP contribution in [0.3, 0.4) is 0 Å². The van der Waals surface area contributed by atoms with Crippen molar-refractivity contribution in [1.82, 2.24) is 0 Å². The van der Waals surface area contributed by atoms with Crippen LogP contribution in [-0.4, -0.2) is 28.0 Å². The van der Waals surface area contributed by atoms with E-state index in [0.717, 1.165) is 5.56 Å². The summed E-state index contributed by atoms with van der Waals surface area (Å²) in [5, 5.41) is 2.62. The molecule has 1 N–H and O–H groups in total. The number of ether oxygens (including phenoxy) is 1. The first-order valence-electron chi connectivity index (χ1n) is 7.50. The fraction of sp³-hybridized carbons (Fsp3) is 0.235. The maximum Gasteiger partial charge on any atom is 0.264 e. The van der Waals surface area contributed by atoms with Crippen molar-refractivity contribution in [3.63, 3.8) is 0 Å². The predicted molar refractivity (Wildman–Crippen MR) is 92.0 cm³/mol. The number of nitrogens with zero attached hydrogens (tertiary/aromatic N) is 1. The fourth-order valence-corrected chi connectivity index (χ4v) is 4.33. The monoisotopic (exact) mass is 346 g/mol. The summed E-state index contributed by atoms with van der Waals surface area (Å²) in [5.74, 6) is 0.0520. The molecule has 1 heterocycles. The van der Waals surface area contributed by atoms with E-state index in [2.05, 4.69) is 5.32 Å². The lowest BCUT2D eigenvalue weighted by Gasteiger charge is -2.20. The van der Waals surface area contributed by atoms with Gasteiger partial charge in [0.25, 0.3) is 10.0 Å². The Morgan fingerprint density at radius 1 is 1.21 bits per heavy atom. The molecule has 2 aromatic rings. The summed E-state index contributed by atoms with van der Waals surface area (Å²) in [6.07, 6.45) is 0.691. The van der Waals surface area contributed by atoms with Crippen molar-refractivity contribution < 1.29 is 17.9 Å². The van der Waals surface area contributed by atoms with Gasteiger partial charge in [-0.2, -0.15) is 0 Å². The number of sulfonamides is 1. The molecule has 0 bridgehead atoms. The van der Waals surface area contributed by atoms with Gasteiger partial charge in [-0.05, 0) is 30.2 Å². The molecule has 0 fully saturated rings. The largest absolute Gasteiger partial charge is 0.495 e. The molecule has 0 spiro atoms. The van der Waals surface area contributed by atoms with E-state index in [-0.39, 0.29) is 10.8 Å². The molecule has 1 aliphatic heterocycles. The Labute approximate surface area is 141 Å². The molecule has 3 rings (SSSR count). The SMILES string of the molecule is COc1cc(S(=O)(=O)N2CCc3ccccc32)ccc1NC(C)=O. The lowest BCUT2D eigenvalue weighted by atomic mass is 10.2. The number of carbonyl (C=O) groups excluding carboxylic acids is 1. The highest BCUT2D eigenvalue weighted by molar-refractivity contribution is 7.92. The second-order valence-electron chi connectivity index (χ2n) is 5.50. The average Bonchev–Trinajstić information content (AvgIpc) is 2.99. The van der Waals surface area contributed by atoms with Gasteiger partial charge >= 0.3 is 0 Å². The molecule has 1 aliphatic rings. The van der Waals surface area contributed by atoms with Crippen molar-refractivity contribution in [2.45, 2.75) is 18.2 Å². The Bertz CT molecular complexity index is 893. The third kappa shape index (κ3) is 2.82. The highest BCUT2D eigenvalue weighted by atomic mass is 32.2. The molecule has 24 heavy (non-hydrogen) atoms. The molecular formula is C17H18N2O4S. The topological polar surface area (TPSA) is 75.7 Å². The van der Waals surface area contributed by atoms with Crippen LogP contribution >= 0.6 is 0 Å². The van der Waals surface area contributed by atoms with E-state index in [9.17, 15) is 13.2 Å². The number of rotatable bonds is 4. The van der Waals surface area contributed by atoms with Crippen LogP contribution in [-0.2, 0) is 21.2 Å². The van der Waals surface area contributed by atoms with Crippen LogP contribution in [0.1, 0.15) is 12.5 Å². The van der Waals surface area contributed by atoms with E-state index in [1.165, 1.54) is 36.5 Å². The Hall–Kier alpha value is -2.54. The molecule has 7 heteroatoms. The van der Waals surface area contributed by atoms with Gasteiger partial charge in [-0.15, -0.1) is 0 Å². The number of methoxy groups -OCH3 is 1. The zero-order valence-electron chi connectivity index (χ0n) is 13.4. The first-order valence-corrected chi connectivity index (χ1v) is 8.94. The maximum atomic E-state index is 13.0. The summed E-state index contributed by atoms with van der Waals surface area (Å²) >= 11 is 0. The third-order valence-corrected chi connectivity index (χ3v) is 5.73. The Morgan fingerprint density at radius 3 is 2.67 bits per heavy atom. The van der Waals surface area contributed by atoms with Crippen molar-refractivity contribution in [2.75, 3.05) is 23.3 Å². The number of amides is 1. The first kappa shape index (κ1) is 16.3. The molecule has 2 aromatic carbocycles. The Kier molecular flexibility index (Phi) is 4.19. The second-order valence-corrected chi connectivity index (χ2v) is 7.36. The molecule has 0 aromatic heterocycles. The summed E-state index contributed by atoms with van der Waals surface area (Å²) in [5.41, 5.74) is 2.16. The van der Waals surface area contributed by atoms with Crippen LogP contribution in [0.25, 0.3) is 0 Å². The van der Waals surface area contributed by atoms with Gasteiger partial charge in [-0.3, -0.25) is 9.10 Å². The van der Waals surface area contributed by atoms with Crippen LogP contribution in [0.2, 0.25) is 0 Å². The highest BCUT2D eigenvalue weighted by Crippen LogP contribution is 2.35. The van der Waals surface area contributed by atoms with Crippen LogP contribution in [0, 0.1) is 0 Å². The lowest BCUT2D eigenvalue weighted by molar-refractivity contribution is -0.114. The van der Waals surface area contributed by atoms with Crippen molar-refractivity contribution >= 4 is 27.3 Å². The van der Waals surface area contributed by atoms with Crippen LogP contribution in [0.4, 0.5) is 11.4 Å². The average molecular weight is 346 g/mol. The number of fused-ring (bicyclic) bond motifs is 1. The second kappa shape index (κ2) is 6.16. The minimum Gasteiger partial charge on any atom is -0.495 e. The van der Waals surface area contributed by atoms with E-state index < -0.39 is 10.0 Å². The van der Waals surface area contributed by atoms with E-state index >= 15 is 0 Å². The molecule has 6 nitrogen and oxygen atoms in total. The van der Waals surface area contributed by atoms with Gasteiger partial charge < -0.3 is 10.1 Å². The molecule has 0 saturated carbocycles. The molecule has 0 radical (unpaired) electrons. The highest BCUT2D eigenvalue weighted by Gasteiger charge is 2.31. The zero-order valence-corrected chi connectivity index (χ0v) is 14.3. The van der Waals surface area contributed by atoms with Gasteiger partial charge in [0.05, 0.1) is 23.4 Å². The Balaban J connectivity index is 2.01. The van der Waals surface area contributed by atoms with Gasteiger partial charge in [0, 0.05) is 19.5 Å². The van der Waals surface area contributed by atoms with Crippen LogP contribution in [0.15, 0.2) is 47.4 Å². The predicted octanol–water partition coefficient (Wildman–Crippen LogP) is 2.41. The van der Waals surface area contributed by atoms with E-state index in [4.69, 9.17) is 4.74 Å². The van der Waals surface area contributed by atoms with Gasteiger partial charge in [0.15, 0.2) is 0 Å². The summed E-state index contributed by atoms with van der Waals surface area (Å²) in [7, 11) is -2.26. The molecule has 0 atom stereocenters. The molecule has 1 amide bonds. The van der Waals surface area contributed by atoms with Crippen LogP contribution in [0.5, 0.6) is 5.75 Å². The van der Waals surface area contributed by atoms with Crippen molar-refractivity contribution in [1.29, 1.82) is 0 Å². The molecule has 0 aliphatic carbocycles. The van der Waals surface area contributed by atoms with E-state index in [0.29, 0.717) is 30.1 Å².